The molecule has 1 aromatic carbocycles. The Labute approximate surface area is 163 Å². The molecule has 0 aliphatic carbocycles. The van der Waals surface area contributed by atoms with Gasteiger partial charge in [-0.2, -0.15) is 0 Å². The predicted molar refractivity (Wildman–Crippen MR) is 101 cm³/mol. The summed E-state index contributed by atoms with van der Waals surface area (Å²) in [6.45, 7) is 3.83. The number of amides is 1. The summed E-state index contributed by atoms with van der Waals surface area (Å²) in [6, 6.07) is 7.46. The van der Waals surface area contributed by atoms with Gasteiger partial charge in [-0.25, -0.2) is 14.4 Å². The van der Waals surface area contributed by atoms with Crippen LogP contribution >= 0.6 is 23.5 Å². The minimum Gasteiger partial charge on any atom is -0.415 e. The van der Waals surface area contributed by atoms with Crippen molar-refractivity contribution in [2.24, 2.45) is 0 Å². The summed E-state index contributed by atoms with van der Waals surface area (Å²) in [5.74, 6) is 0.378. The maximum absolute atomic E-state index is 12.9. The van der Waals surface area contributed by atoms with Crippen LogP contribution in [0.2, 0.25) is 0 Å². The highest BCUT2D eigenvalue weighted by Gasteiger charge is 2.11. The van der Waals surface area contributed by atoms with Crippen LogP contribution in [-0.2, 0) is 10.5 Å². The highest BCUT2D eigenvalue weighted by Crippen LogP contribution is 2.22. The molecule has 140 valence electrons. The summed E-state index contributed by atoms with van der Waals surface area (Å²) in [4.78, 5) is 20.6. The lowest BCUT2D eigenvalue weighted by molar-refractivity contribution is -0.113. The van der Waals surface area contributed by atoms with Crippen LogP contribution in [0.15, 0.2) is 45.1 Å². The Hall–Kier alpha value is -2.46. The molecule has 0 saturated carbocycles. The normalized spacial score (nSPS) is 10.8. The molecular formula is C17H16FN5O2S2. The highest BCUT2D eigenvalue weighted by atomic mass is 32.2. The largest absolute Gasteiger partial charge is 0.415 e. The Morgan fingerprint density at radius 1 is 1.11 bits per heavy atom. The summed E-state index contributed by atoms with van der Waals surface area (Å²) < 4.78 is 18.4. The maximum Gasteiger partial charge on any atom is 0.277 e. The average molecular weight is 405 g/mol. The topological polar surface area (TPSA) is 93.8 Å². The van der Waals surface area contributed by atoms with Crippen LogP contribution < -0.4 is 5.32 Å². The number of aromatic nitrogens is 4. The third-order valence-electron chi connectivity index (χ3n) is 3.19. The fourth-order valence-corrected chi connectivity index (χ4v) is 3.46. The molecule has 0 fully saturated rings. The van der Waals surface area contributed by atoms with Crippen LogP contribution in [0.1, 0.15) is 17.3 Å². The number of halogens is 1. The Morgan fingerprint density at radius 2 is 1.81 bits per heavy atom. The second kappa shape index (κ2) is 8.96. The number of nitrogens with zero attached hydrogens (tertiary/aromatic N) is 4. The van der Waals surface area contributed by atoms with Gasteiger partial charge in [0.2, 0.25) is 11.8 Å². The number of hydrogen-bond acceptors (Lipinski definition) is 8. The molecule has 0 atom stereocenters. The molecule has 0 radical (unpaired) electrons. The van der Waals surface area contributed by atoms with Crippen molar-refractivity contribution in [3.63, 3.8) is 0 Å². The molecule has 2 aromatic heterocycles. The van der Waals surface area contributed by atoms with Crippen molar-refractivity contribution in [3.05, 3.63) is 53.4 Å². The summed E-state index contributed by atoms with van der Waals surface area (Å²) >= 11 is 2.54. The zero-order valence-corrected chi connectivity index (χ0v) is 16.2. The molecule has 3 rings (SSSR count). The number of nitrogens with one attached hydrogen (secondary N) is 1. The fourth-order valence-electron chi connectivity index (χ4n) is 2.10. The lowest BCUT2D eigenvalue weighted by Crippen LogP contribution is -2.13. The maximum atomic E-state index is 12.9. The van der Waals surface area contributed by atoms with Gasteiger partial charge in [0.05, 0.1) is 11.5 Å². The monoisotopic (exact) mass is 405 g/mol. The summed E-state index contributed by atoms with van der Waals surface area (Å²) in [6.07, 6.45) is 0. The molecule has 27 heavy (non-hydrogen) atoms. The van der Waals surface area contributed by atoms with Gasteiger partial charge in [-0.3, -0.25) is 4.79 Å². The van der Waals surface area contributed by atoms with E-state index in [0.717, 1.165) is 23.1 Å². The van der Waals surface area contributed by atoms with Crippen molar-refractivity contribution < 1.29 is 13.6 Å². The second-order valence-corrected chi connectivity index (χ2v) is 7.40. The van der Waals surface area contributed by atoms with Gasteiger partial charge in [-0.1, -0.05) is 23.5 Å². The zero-order valence-electron chi connectivity index (χ0n) is 14.6. The summed E-state index contributed by atoms with van der Waals surface area (Å²) in [7, 11) is 0. The van der Waals surface area contributed by atoms with E-state index in [1.165, 1.54) is 36.0 Å². The third kappa shape index (κ3) is 6.04. The van der Waals surface area contributed by atoms with E-state index >= 15 is 0 Å². The van der Waals surface area contributed by atoms with Crippen LogP contribution in [0.25, 0.3) is 0 Å². The Bertz CT molecular complexity index is 913. The standard InChI is InChI=1S/C17H16FN5O2S2/c1-10-7-11(2)20-16(19-10)26-9-15-22-23-17(25-15)27-8-14(24)21-13-5-3-12(18)4-6-13/h3-7H,8-9H2,1-2H3,(H,21,24). The van der Waals surface area contributed by atoms with Gasteiger partial charge in [0.25, 0.3) is 5.22 Å². The van der Waals surface area contributed by atoms with Crippen LogP contribution in [0.5, 0.6) is 0 Å². The summed E-state index contributed by atoms with van der Waals surface area (Å²) in [5, 5.41) is 11.5. The van der Waals surface area contributed by atoms with E-state index < -0.39 is 0 Å². The van der Waals surface area contributed by atoms with E-state index in [-0.39, 0.29) is 17.5 Å². The molecule has 0 aliphatic rings. The Kier molecular flexibility index (Phi) is 6.40. The van der Waals surface area contributed by atoms with Gasteiger partial charge in [0.1, 0.15) is 5.82 Å². The van der Waals surface area contributed by atoms with Crippen LogP contribution in [0.3, 0.4) is 0 Å². The van der Waals surface area contributed by atoms with Crippen LogP contribution in [-0.4, -0.2) is 31.8 Å². The molecule has 7 nitrogen and oxygen atoms in total. The van der Waals surface area contributed by atoms with E-state index in [9.17, 15) is 9.18 Å². The van der Waals surface area contributed by atoms with Crippen molar-refractivity contribution in [2.45, 2.75) is 30.0 Å². The Morgan fingerprint density at radius 3 is 2.52 bits per heavy atom. The van der Waals surface area contributed by atoms with E-state index in [1.54, 1.807) is 0 Å². The minimum absolute atomic E-state index is 0.104. The van der Waals surface area contributed by atoms with E-state index in [1.807, 2.05) is 19.9 Å². The quantitative estimate of drug-likeness (QED) is 0.470. The van der Waals surface area contributed by atoms with Crippen molar-refractivity contribution >= 4 is 35.1 Å². The van der Waals surface area contributed by atoms with Gasteiger partial charge in [0, 0.05) is 17.1 Å². The molecule has 0 saturated heterocycles. The SMILES string of the molecule is Cc1cc(C)nc(SCc2nnc(SCC(=O)Nc3ccc(F)cc3)o2)n1. The number of carbonyl (C=O) groups excluding carboxylic acids is 1. The zero-order chi connectivity index (χ0) is 19.2. The lowest BCUT2D eigenvalue weighted by atomic mass is 10.3. The first-order chi connectivity index (χ1) is 13.0. The number of benzene rings is 1. The predicted octanol–water partition coefficient (Wildman–Crippen LogP) is 3.64. The molecule has 0 aliphatic heterocycles. The van der Waals surface area contributed by atoms with Crippen molar-refractivity contribution in [1.82, 2.24) is 20.2 Å². The molecular weight excluding hydrogens is 389 g/mol. The highest BCUT2D eigenvalue weighted by molar-refractivity contribution is 7.99. The van der Waals surface area contributed by atoms with Gasteiger partial charge in [-0.15, -0.1) is 10.2 Å². The van der Waals surface area contributed by atoms with Gasteiger partial charge in [-0.05, 0) is 44.2 Å². The number of carbonyl (C=O) groups is 1. The molecule has 1 amide bonds. The molecule has 0 unspecified atom stereocenters. The number of rotatable bonds is 7. The van der Waals surface area contributed by atoms with Crippen LogP contribution in [0, 0.1) is 19.7 Å². The first kappa shape index (κ1) is 19.3. The molecule has 1 N–H and O–H groups in total. The molecule has 3 aromatic rings. The minimum atomic E-state index is -0.357. The molecule has 0 bridgehead atoms. The van der Waals surface area contributed by atoms with E-state index in [2.05, 4.69) is 25.5 Å². The molecule has 2 heterocycles. The van der Waals surface area contributed by atoms with Crippen molar-refractivity contribution in [2.75, 3.05) is 11.1 Å². The smallest absolute Gasteiger partial charge is 0.277 e. The summed E-state index contributed by atoms with van der Waals surface area (Å²) in [5.41, 5.74) is 2.33. The average Bonchev–Trinajstić information content (AvgIpc) is 3.07. The van der Waals surface area contributed by atoms with Crippen molar-refractivity contribution in [3.8, 4) is 0 Å². The third-order valence-corrected chi connectivity index (χ3v) is 4.84. The van der Waals surface area contributed by atoms with Crippen molar-refractivity contribution in [1.29, 1.82) is 0 Å². The second-order valence-electron chi connectivity index (χ2n) is 5.53. The number of thioether (sulfide) groups is 2. The molecule has 0 spiro atoms. The first-order valence-electron chi connectivity index (χ1n) is 7.93. The number of aryl methyl sites for hydroxylation is 2. The first-order valence-corrected chi connectivity index (χ1v) is 9.91. The van der Waals surface area contributed by atoms with E-state index in [0.29, 0.717) is 27.7 Å². The molecule has 10 heteroatoms. The van der Waals surface area contributed by atoms with E-state index in [4.69, 9.17) is 4.42 Å². The van der Waals surface area contributed by atoms with Crippen LogP contribution in [0.4, 0.5) is 10.1 Å². The number of anilines is 1. The van der Waals surface area contributed by atoms with Gasteiger partial charge < -0.3 is 9.73 Å². The van der Waals surface area contributed by atoms with Gasteiger partial charge in [0.15, 0.2) is 5.16 Å². The van der Waals surface area contributed by atoms with Gasteiger partial charge >= 0.3 is 0 Å². The fraction of sp³-hybridized carbons (Fsp3) is 0.235. The number of hydrogen-bond donors (Lipinski definition) is 1. The lowest BCUT2D eigenvalue weighted by Gasteiger charge is -2.03. The Balaban J connectivity index is 1.47.